The average Bonchev–Trinajstić information content (AvgIpc) is 3.11. The Bertz CT molecular complexity index is 1200. The summed E-state index contributed by atoms with van der Waals surface area (Å²) in [5.74, 6) is 0. The van der Waals surface area contributed by atoms with Crippen LogP contribution >= 0.6 is 0 Å². The smallest absolute Gasteiger partial charge is 0.0488 e. The summed E-state index contributed by atoms with van der Waals surface area (Å²) in [6, 6.07) is 17.5. The van der Waals surface area contributed by atoms with Gasteiger partial charge in [-0.2, -0.15) is 0 Å². The number of fused-ring (bicyclic) bond motifs is 3. The third-order valence-electron chi connectivity index (χ3n) is 5.72. The molecular weight excluding hydrogens is 340 g/mol. The second-order valence-electron chi connectivity index (χ2n) is 7.62. The number of rotatable bonds is 3. The molecule has 2 bridgehead atoms. The van der Waals surface area contributed by atoms with E-state index in [1.54, 1.807) is 0 Å². The first-order valence-electron chi connectivity index (χ1n) is 9.98. The van der Waals surface area contributed by atoms with Crippen molar-refractivity contribution in [1.29, 1.82) is 0 Å². The lowest BCUT2D eigenvalue weighted by atomic mass is 9.97. The second kappa shape index (κ2) is 6.72. The summed E-state index contributed by atoms with van der Waals surface area (Å²) in [4.78, 5) is 3.61. The van der Waals surface area contributed by atoms with Crippen molar-refractivity contribution in [2.45, 2.75) is 26.7 Å². The number of benzene rings is 2. The van der Waals surface area contributed by atoms with Crippen molar-refractivity contribution in [2.24, 2.45) is 0 Å². The van der Waals surface area contributed by atoms with Crippen molar-refractivity contribution in [1.82, 2.24) is 10.3 Å². The number of nitrogens with one attached hydrogen (secondary N) is 2. The number of hydrogen-bond acceptors (Lipinski definition) is 1. The molecule has 0 radical (unpaired) electrons. The molecule has 0 saturated heterocycles. The molecule has 2 heteroatoms. The Hall–Kier alpha value is -3.26. The Morgan fingerprint density at radius 3 is 2.71 bits per heavy atom. The summed E-state index contributed by atoms with van der Waals surface area (Å²) in [7, 11) is 0. The van der Waals surface area contributed by atoms with E-state index < -0.39 is 0 Å². The summed E-state index contributed by atoms with van der Waals surface area (Å²) in [6.07, 6.45) is 10.9. The van der Waals surface area contributed by atoms with E-state index in [0.29, 0.717) is 0 Å². The van der Waals surface area contributed by atoms with Crippen LogP contribution in [-0.4, -0.2) is 4.98 Å². The molecule has 138 valence electrons. The molecule has 0 saturated carbocycles. The topological polar surface area (TPSA) is 27.8 Å². The van der Waals surface area contributed by atoms with Crippen molar-refractivity contribution in [3.05, 3.63) is 101 Å². The summed E-state index contributed by atoms with van der Waals surface area (Å²) in [6.45, 7) is 4.37. The molecule has 1 aliphatic heterocycles. The Balaban J connectivity index is 1.56. The van der Waals surface area contributed by atoms with Gasteiger partial charge in [-0.3, -0.25) is 0 Å². The lowest BCUT2D eigenvalue weighted by Crippen LogP contribution is -2.18. The van der Waals surface area contributed by atoms with Crippen LogP contribution in [0.2, 0.25) is 0 Å². The minimum atomic E-state index is 0.987. The van der Waals surface area contributed by atoms with Gasteiger partial charge in [-0.05, 0) is 59.4 Å². The van der Waals surface area contributed by atoms with Crippen LogP contribution in [0, 0.1) is 6.92 Å². The third kappa shape index (κ3) is 2.91. The molecule has 0 spiro atoms. The molecule has 2 nitrogen and oxygen atoms in total. The van der Waals surface area contributed by atoms with E-state index in [4.69, 9.17) is 0 Å². The maximum absolute atomic E-state index is 3.69. The molecule has 1 aliphatic carbocycles. The van der Waals surface area contributed by atoms with E-state index in [1.165, 1.54) is 50.1 Å². The monoisotopic (exact) mass is 364 g/mol. The van der Waals surface area contributed by atoms with Crippen LogP contribution in [0.25, 0.3) is 27.9 Å². The number of hydrogen-bond donors (Lipinski definition) is 2. The van der Waals surface area contributed by atoms with Crippen LogP contribution < -0.4 is 5.32 Å². The van der Waals surface area contributed by atoms with E-state index in [1.807, 2.05) is 0 Å². The van der Waals surface area contributed by atoms with Gasteiger partial charge in [0, 0.05) is 34.4 Å². The largest absolute Gasteiger partial charge is 0.358 e. The standard InChI is InChI=1S/C26H24N2/c1-3-19-9-5-8-18-13-23(19)27-24(14-18)20-10-6-11-21(15-20)25-16-22-12-4-7-17(2)26(22)28-25/h4-12,14-16,27-28H,3,13H2,1-2H3. The van der Waals surface area contributed by atoms with E-state index >= 15 is 0 Å². The third-order valence-corrected chi connectivity index (χ3v) is 5.72. The van der Waals surface area contributed by atoms with Gasteiger partial charge in [-0.15, -0.1) is 0 Å². The highest BCUT2D eigenvalue weighted by atomic mass is 14.9. The Kier molecular flexibility index (Phi) is 4.05. The fraction of sp³-hybridized carbons (Fsp3) is 0.154. The molecule has 2 N–H and O–H groups in total. The Labute approximate surface area is 166 Å². The molecule has 2 aliphatic rings. The Morgan fingerprint density at radius 1 is 1.00 bits per heavy atom. The van der Waals surface area contributed by atoms with Gasteiger partial charge in [0.15, 0.2) is 0 Å². The molecule has 5 rings (SSSR count). The van der Waals surface area contributed by atoms with E-state index in [9.17, 15) is 0 Å². The molecule has 28 heavy (non-hydrogen) atoms. The Morgan fingerprint density at radius 2 is 1.86 bits per heavy atom. The predicted molar refractivity (Wildman–Crippen MR) is 119 cm³/mol. The van der Waals surface area contributed by atoms with Crippen LogP contribution in [0.15, 0.2) is 89.7 Å². The fourth-order valence-electron chi connectivity index (χ4n) is 4.18. The zero-order chi connectivity index (χ0) is 19.1. The van der Waals surface area contributed by atoms with Crippen LogP contribution in [-0.2, 0) is 0 Å². The van der Waals surface area contributed by atoms with Crippen molar-refractivity contribution in [3.8, 4) is 11.3 Å². The zero-order valence-corrected chi connectivity index (χ0v) is 16.3. The maximum atomic E-state index is 3.69. The first kappa shape index (κ1) is 16.9. The van der Waals surface area contributed by atoms with Gasteiger partial charge in [-0.25, -0.2) is 0 Å². The quantitative estimate of drug-likeness (QED) is 0.536. The predicted octanol–water partition coefficient (Wildman–Crippen LogP) is 6.64. The number of aryl methyl sites for hydroxylation is 1. The van der Waals surface area contributed by atoms with Crippen LogP contribution in [0.4, 0.5) is 0 Å². The highest BCUT2D eigenvalue weighted by Crippen LogP contribution is 2.32. The first-order chi connectivity index (χ1) is 13.7. The molecule has 2 heterocycles. The lowest BCUT2D eigenvalue weighted by molar-refractivity contribution is 0.917. The van der Waals surface area contributed by atoms with Gasteiger partial charge in [0.2, 0.25) is 0 Å². The van der Waals surface area contributed by atoms with Crippen LogP contribution in [0.3, 0.4) is 0 Å². The maximum Gasteiger partial charge on any atom is 0.0488 e. The summed E-state index contributed by atoms with van der Waals surface area (Å²) < 4.78 is 0. The van der Waals surface area contributed by atoms with E-state index in [0.717, 1.165) is 18.5 Å². The molecule has 2 aromatic carbocycles. The zero-order valence-electron chi connectivity index (χ0n) is 16.3. The van der Waals surface area contributed by atoms with Gasteiger partial charge in [0.1, 0.15) is 0 Å². The molecule has 0 atom stereocenters. The fourth-order valence-corrected chi connectivity index (χ4v) is 4.18. The van der Waals surface area contributed by atoms with Gasteiger partial charge in [0.25, 0.3) is 0 Å². The summed E-state index contributed by atoms with van der Waals surface area (Å²) in [5.41, 5.74) is 11.3. The second-order valence-corrected chi connectivity index (χ2v) is 7.62. The average molecular weight is 364 g/mol. The number of para-hydroxylation sites is 1. The van der Waals surface area contributed by atoms with Crippen molar-refractivity contribution in [2.75, 3.05) is 0 Å². The van der Waals surface area contributed by atoms with Crippen molar-refractivity contribution in [3.63, 3.8) is 0 Å². The molecule has 0 unspecified atom stereocenters. The first-order valence-corrected chi connectivity index (χ1v) is 9.98. The normalized spacial score (nSPS) is 15.9. The summed E-state index contributed by atoms with van der Waals surface area (Å²) >= 11 is 0. The molecular formula is C26H24N2. The lowest BCUT2D eigenvalue weighted by Gasteiger charge is -2.23. The van der Waals surface area contributed by atoms with Crippen LogP contribution in [0.1, 0.15) is 30.9 Å². The molecule has 3 aromatic rings. The number of aromatic amines is 1. The minimum absolute atomic E-state index is 0.987. The highest BCUT2D eigenvalue weighted by Gasteiger charge is 2.17. The SMILES string of the molecule is CCC1=C2CC(=CC=C1)C=C(c1cccc(-c3cc4cccc(C)c4[nH]3)c1)N2. The number of allylic oxidation sites excluding steroid dienone is 6. The van der Waals surface area contributed by atoms with E-state index in [-0.39, 0.29) is 0 Å². The van der Waals surface area contributed by atoms with E-state index in [2.05, 4.69) is 97.0 Å². The molecule has 1 aromatic heterocycles. The number of aromatic nitrogens is 1. The van der Waals surface area contributed by atoms with Gasteiger partial charge < -0.3 is 10.3 Å². The van der Waals surface area contributed by atoms with Crippen molar-refractivity contribution >= 4 is 16.6 Å². The molecule has 0 fully saturated rings. The van der Waals surface area contributed by atoms with Gasteiger partial charge in [-0.1, -0.05) is 61.5 Å². The molecule has 0 amide bonds. The minimum Gasteiger partial charge on any atom is -0.358 e. The van der Waals surface area contributed by atoms with Crippen molar-refractivity contribution < 1.29 is 0 Å². The van der Waals surface area contributed by atoms with Crippen LogP contribution in [0.5, 0.6) is 0 Å². The summed E-state index contributed by atoms with van der Waals surface area (Å²) in [5, 5.41) is 4.95. The van der Waals surface area contributed by atoms with Gasteiger partial charge >= 0.3 is 0 Å². The highest BCUT2D eigenvalue weighted by molar-refractivity contribution is 5.88. The van der Waals surface area contributed by atoms with Gasteiger partial charge in [0.05, 0.1) is 0 Å². The number of H-pyrrole nitrogens is 1.